The second-order valence-electron chi connectivity index (χ2n) is 6.75. The number of hydrogen-bond acceptors (Lipinski definition) is 5. The van der Waals surface area contributed by atoms with Crippen molar-refractivity contribution in [1.29, 1.82) is 0 Å². The van der Waals surface area contributed by atoms with Crippen molar-refractivity contribution in [1.82, 2.24) is 15.2 Å². The summed E-state index contributed by atoms with van der Waals surface area (Å²) in [5, 5.41) is 12.2. The van der Waals surface area contributed by atoms with E-state index in [4.69, 9.17) is 11.6 Å². The van der Waals surface area contributed by atoms with Crippen molar-refractivity contribution < 1.29 is 4.79 Å². The second kappa shape index (κ2) is 8.35. The smallest absolute Gasteiger partial charge is 0.227 e. The molecule has 0 aliphatic carbocycles. The summed E-state index contributed by atoms with van der Waals surface area (Å²) in [6.07, 6.45) is 5.04. The predicted octanol–water partition coefficient (Wildman–Crippen LogP) is 4.05. The van der Waals surface area contributed by atoms with Crippen LogP contribution in [0, 0.1) is 5.92 Å². The molecule has 4 rings (SSSR count). The van der Waals surface area contributed by atoms with E-state index in [9.17, 15) is 4.79 Å². The second-order valence-corrected chi connectivity index (χ2v) is 7.16. The average molecular weight is 394 g/mol. The Kier molecular flexibility index (Phi) is 5.48. The number of nitrogens with one attached hydrogen (secondary N) is 1. The summed E-state index contributed by atoms with van der Waals surface area (Å²) in [6, 6.07) is 15.1. The topological polar surface area (TPSA) is 71.0 Å². The van der Waals surface area contributed by atoms with Crippen LogP contribution in [-0.2, 0) is 4.79 Å². The fourth-order valence-electron chi connectivity index (χ4n) is 3.33. The number of pyridine rings is 1. The number of hydrogen-bond donors (Lipinski definition) is 1. The number of nitrogens with zero attached hydrogens (tertiary/aromatic N) is 4. The number of aromatic nitrogens is 3. The van der Waals surface area contributed by atoms with Gasteiger partial charge in [-0.3, -0.25) is 9.78 Å². The molecule has 6 nitrogen and oxygen atoms in total. The van der Waals surface area contributed by atoms with E-state index in [1.165, 1.54) is 0 Å². The first-order valence-electron chi connectivity index (χ1n) is 9.25. The molecule has 142 valence electrons. The van der Waals surface area contributed by atoms with Gasteiger partial charge in [-0.15, -0.1) is 10.2 Å². The summed E-state index contributed by atoms with van der Waals surface area (Å²) in [5.74, 6) is 0.818. The Labute approximate surface area is 168 Å². The van der Waals surface area contributed by atoms with Crippen molar-refractivity contribution in [2.75, 3.05) is 23.3 Å². The zero-order valence-electron chi connectivity index (χ0n) is 15.3. The third-order valence-electron chi connectivity index (χ3n) is 4.93. The number of anilines is 2. The Bertz CT molecular complexity index is 941. The number of benzene rings is 1. The number of carbonyl (C=O) groups is 1. The van der Waals surface area contributed by atoms with Gasteiger partial charge in [-0.25, -0.2) is 0 Å². The van der Waals surface area contributed by atoms with Crippen LogP contribution in [-0.4, -0.2) is 34.2 Å². The first kappa shape index (κ1) is 18.4. The van der Waals surface area contributed by atoms with Crippen molar-refractivity contribution in [3.8, 4) is 11.3 Å². The van der Waals surface area contributed by atoms with Gasteiger partial charge in [-0.2, -0.15) is 0 Å². The maximum atomic E-state index is 12.5. The van der Waals surface area contributed by atoms with E-state index in [-0.39, 0.29) is 11.8 Å². The van der Waals surface area contributed by atoms with Gasteiger partial charge >= 0.3 is 0 Å². The van der Waals surface area contributed by atoms with Crippen LogP contribution < -0.4 is 10.2 Å². The number of para-hydroxylation sites is 1. The van der Waals surface area contributed by atoms with Crippen LogP contribution in [0.3, 0.4) is 0 Å². The van der Waals surface area contributed by atoms with Gasteiger partial charge in [0.05, 0.1) is 16.4 Å². The molecule has 0 atom stereocenters. The minimum Gasteiger partial charge on any atom is -0.355 e. The van der Waals surface area contributed by atoms with Gasteiger partial charge in [0.15, 0.2) is 5.82 Å². The van der Waals surface area contributed by atoms with E-state index in [0.717, 1.165) is 43.0 Å². The number of amides is 1. The Morgan fingerprint density at radius 3 is 2.54 bits per heavy atom. The Balaban J connectivity index is 1.35. The average Bonchev–Trinajstić information content (AvgIpc) is 2.76. The fraction of sp³-hybridized carbons (Fsp3) is 0.238. The molecule has 3 heterocycles. The van der Waals surface area contributed by atoms with E-state index in [1.807, 2.05) is 42.5 Å². The van der Waals surface area contributed by atoms with Crippen molar-refractivity contribution in [3.05, 3.63) is 65.9 Å². The third kappa shape index (κ3) is 4.12. The minimum absolute atomic E-state index is 0.0192. The first-order chi connectivity index (χ1) is 13.7. The molecule has 3 aromatic rings. The molecule has 7 heteroatoms. The summed E-state index contributed by atoms with van der Waals surface area (Å²) in [5.41, 5.74) is 2.40. The molecular formula is C21H20ClN5O. The lowest BCUT2D eigenvalue weighted by molar-refractivity contribution is -0.120. The summed E-state index contributed by atoms with van der Waals surface area (Å²) in [4.78, 5) is 18.8. The van der Waals surface area contributed by atoms with E-state index in [2.05, 4.69) is 25.4 Å². The van der Waals surface area contributed by atoms with E-state index < -0.39 is 0 Å². The van der Waals surface area contributed by atoms with Crippen LogP contribution in [0.15, 0.2) is 60.9 Å². The SMILES string of the molecule is O=C(Nc1ccccc1Cl)C1CCN(c2ccc(-c3cccnc3)nn2)CC1. The lowest BCUT2D eigenvalue weighted by atomic mass is 9.96. The highest BCUT2D eigenvalue weighted by atomic mass is 35.5. The van der Waals surface area contributed by atoms with Gasteiger partial charge in [0.2, 0.25) is 5.91 Å². The van der Waals surface area contributed by atoms with Crippen LogP contribution in [0.5, 0.6) is 0 Å². The van der Waals surface area contributed by atoms with Crippen LogP contribution in [0.4, 0.5) is 11.5 Å². The molecule has 0 radical (unpaired) electrons. The summed E-state index contributed by atoms with van der Waals surface area (Å²) >= 11 is 6.13. The van der Waals surface area contributed by atoms with Crippen LogP contribution in [0.25, 0.3) is 11.3 Å². The normalized spacial score (nSPS) is 14.7. The van der Waals surface area contributed by atoms with Crippen LogP contribution in [0.1, 0.15) is 12.8 Å². The van der Waals surface area contributed by atoms with Crippen molar-refractivity contribution >= 4 is 29.0 Å². The molecule has 0 unspecified atom stereocenters. The number of carbonyl (C=O) groups excluding carboxylic acids is 1. The number of piperidine rings is 1. The zero-order valence-corrected chi connectivity index (χ0v) is 16.0. The Morgan fingerprint density at radius 2 is 1.86 bits per heavy atom. The van der Waals surface area contributed by atoms with E-state index in [0.29, 0.717) is 10.7 Å². The van der Waals surface area contributed by atoms with Crippen molar-refractivity contribution in [3.63, 3.8) is 0 Å². The molecule has 2 aromatic heterocycles. The Hall–Kier alpha value is -2.99. The highest BCUT2D eigenvalue weighted by Gasteiger charge is 2.26. The number of rotatable bonds is 4. The highest BCUT2D eigenvalue weighted by Crippen LogP contribution is 2.26. The lowest BCUT2D eigenvalue weighted by Crippen LogP contribution is -2.38. The van der Waals surface area contributed by atoms with Gasteiger partial charge in [0, 0.05) is 37.0 Å². The molecule has 1 N–H and O–H groups in total. The zero-order chi connectivity index (χ0) is 19.3. The predicted molar refractivity (Wildman–Crippen MR) is 110 cm³/mol. The molecule has 0 bridgehead atoms. The quantitative estimate of drug-likeness (QED) is 0.724. The summed E-state index contributed by atoms with van der Waals surface area (Å²) < 4.78 is 0. The van der Waals surface area contributed by atoms with E-state index >= 15 is 0 Å². The molecule has 0 saturated carbocycles. The minimum atomic E-state index is -0.0323. The fourth-order valence-corrected chi connectivity index (χ4v) is 3.51. The van der Waals surface area contributed by atoms with Crippen LogP contribution in [0.2, 0.25) is 5.02 Å². The molecule has 1 aliphatic heterocycles. The third-order valence-corrected chi connectivity index (χ3v) is 5.26. The Morgan fingerprint density at radius 1 is 1.04 bits per heavy atom. The lowest BCUT2D eigenvalue weighted by Gasteiger charge is -2.31. The largest absolute Gasteiger partial charge is 0.355 e. The molecule has 28 heavy (non-hydrogen) atoms. The van der Waals surface area contributed by atoms with Gasteiger partial charge in [0.1, 0.15) is 0 Å². The highest BCUT2D eigenvalue weighted by molar-refractivity contribution is 6.33. The van der Waals surface area contributed by atoms with Crippen LogP contribution >= 0.6 is 11.6 Å². The summed E-state index contributed by atoms with van der Waals surface area (Å²) in [6.45, 7) is 1.53. The van der Waals surface area contributed by atoms with Gasteiger partial charge in [0.25, 0.3) is 0 Å². The molecule has 1 aliphatic rings. The maximum Gasteiger partial charge on any atom is 0.227 e. The molecule has 1 fully saturated rings. The van der Waals surface area contributed by atoms with Gasteiger partial charge < -0.3 is 10.2 Å². The van der Waals surface area contributed by atoms with Gasteiger partial charge in [-0.1, -0.05) is 23.7 Å². The molecule has 0 spiro atoms. The molecular weight excluding hydrogens is 374 g/mol. The number of halogens is 1. The van der Waals surface area contributed by atoms with Crippen molar-refractivity contribution in [2.45, 2.75) is 12.8 Å². The molecule has 1 aromatic carbocycles. The van der Waals surface area contributed by atoms with E-state index in [1.54, 1.807) is 18.5 Å². The molecule has 1 saturated heterocycles. The standard InChI is InChI=1S/C21H20ClN5O/c22-17-5-1-2-6-19(17)24-21(28)15-9-12-27(13-10-15)20-8-7-18(25-26-20)16-4-3-11-23-14-16/h1-8,11,14-15H,9-10,12-13H2,(H,24,28). The van der Waals surface area contributed by atoms with Crippen molar-refractivity contribution in [2.24, 2.45) is 5.92 Å². The van der Waals surface area contributed by atoms with Gasteiger partial charge in [-0.05, 0) is 49.2 Å². The summed E-state index contributed by atoms with van der Waals surface area (Å²) in [7, 11) is 0. The molecule has 1 amide bonds. The maximum absolute atomic E-state index is 12.5. The first-order valence-corrected chi connectivity index (χ1v) is 9.63. The monoisotopic (exact) mass is 393 g/mol.